The van der Waals surface area contributed by atoms with Gasteiger partial charge in [-0.05, 0) is 52.0 Å². The normalized spacial score (nSPS) is 11.3. The Balaban J connectivity index is 2.48. The highest BCUT2D eigenvalue weighted by Crippen LogP contribution is 2.23. The molecule has 0 aliphatic rings. The number of nitrogens with zero attached hydrogens (tertiary/aromatic N) is 1. The van der Waals surface area contributed by atoms with Crippen LogP contribution in [0.25, 0.3) is 0 Å². The second-order valence-corrected chi connectivity index (χ2v) is 8.75. The standard InChI is InChI=1S/C20H22N2O8S/c1-12(2)29-19(23)14-8-15(20(24)30-13(3)4)10-16(9-14)21-31(27,28)18-7-5-6-17(11-18)22(25)26/h5-13,21H,1-4H3. The molecule has 10 nitrogen and oxygen atoms in total. The maximum Gasteiger partial charge on any atom is 0.338 e. The van der Waals surface area contributed by atoms with Gasteiger partial charge in [-0.2, -0.15) is 0 Å². The number of anilines is 1. The lowest BCUT2D eigenvalue weighted by Gasteiger charge is -2.14. The van der Waals surface area contributed by atoms with Gasteiger partial charge in [-0.25, -0.2) is 18.0 Å². The zero-order valence-corrected chi connectivity index (χ0v) is 18.1. The van der Waals surface area contributed by atoms with Gasteiger partial charge >= 0.3 is 11.9 Å². The van der Waals surface area contributed by atoms with Crippen LogP contribution in [0.2, 0.25) is 0 Å². The first-order valence-electron chi connectivity index (χ1n) is 9.23. The SMILES string of the molecule is CC(C)OC(=O)c1cc(NS(=O)(=O)c2cccc([N+](=O)[O-])c2)cc(C(=O)OC(C)C)c1. The molecule has 1 N–H and O–H groups in total. The summed E-state index contributed by atoms with van der Waals surface area (Å²) < 4.78 is 37.9. The maximum absolute atomic E-state index is 12.7. The van der Waals surface area contributed by atoms with Crippen molar-refractivity contribution in [3.05, 3.63) is 63.7 Å². The van der Waals surface area contributed by atoms with Crippen molar-refractivity contribution in [2.24, 2.45) is 0 Å². The summed E-state index contributed by atoms with van der Waals surface area (Å²) >= 11 is 0. The van der Waals surface area contributed by atoms with Gasteiger partial charge in [-0.1, -0.05) is 6.07 Å². The van der Waals surface area contributed by atoms with E-state index in [1.165, 1.54) is 30.3 Å². The summed E-state index contributed by atoms with van der Waals surface area (Å²) in [4.78, 5) is 34.5. The molecule has 0 amide bonds. The van der Waals surface area contributed by atoms with E-state index in [4.69, 9.17) is 9.47 Å². The number of nitro groups is 1. The molecule has 0 saturated heterocycles. The summed E-state index contributed by atoms with van der Waals surface area (Å²) in [6, 6.07) is 8.10. The minimum atomic E-state index is -4.26. The third-order valence-corrected chi connectivity index (χ3v) is 5.06. The van der Waals surface area contributed by atoms with E-state index in [0.717, 1.165) is 12.1 Å². The monoisotopic (exact) mass is 450 g/mol. The summed E-state index contributed by atoms with van der Waals surface area (Å²) in [5, 5.41) is 10.9. The van der Waals surface area contributed by atoms with Crippen molar-refractivity contribution in [1.82, 2.24) is 0 Å². The van der Waals surface area contributed by atoms with Gasteiger partial charge < -0.3 is 9.47 Å². The first-order chi connectivity index (χ1) is 14.4. The average molecular weight is 450 g/mol. The van der Waals surface area contributed by atoms with Crippen LogP contribution >= 0.6 is 0 Å². The lowest BCUT2D eigenvalue weighted by molar-refractivity contribution is -0.385. The summed E-state index contributed by atoms with van der Waals surface area (Å²) in [5.41, 5.74) is -0.647. The van der Waals surface area contributed by atoms with Gasteiger partial charge in [0.2, 0.25) is 0 Å². The van der Waals surface area contributed by atoms with Crippen LogP contribution < -0.4 is 4.72 Å². The molecule has 0 unspecified atom stereocenters. The molecule has 0 bridgehead atoms. The molecule has 11 heteroatoms. The lowest BCUT2D eigenvalue weighted by atomic mass is 10.1. The van der Waals surface area contributed by atoms with Gasteiger partial charge in [-0.15, -0.1) is 0 Å². The predicted molar refractivity (Wildman–Crippen MR) is 111 cm³/mol. The zero-order chi connectivity index (χ0) is 23.3. The minimum absolute atomic E-state index is 0.0661. The zero-order valence-electron chi connectivity index (χ0n) is 17.3. The number of nitrogens with one attached hydrogen (secondary N) is 1. The molecule has 2 aromatic carbocycles. The fourth-order valence-electron chi connectivity index (χ4n) is 2.46. The predicted octanol–water partition coefficient (Wildman–Crippen LogP) is 3.53. The van der Waals surface area contributed by atoms with Crippen molar-refractivity contribution in [3.63, 3.8) is 0 Å². The Labute approximate surface area is 179 Å². The Morgan fingerprint density at radius 2 is 1.45 bits per heavy atom. The van der Waals surface area contributed by atoms with Gasteiger partial charge in [0.15, 0.2) is 0 Å². The Bertz CT molecular complexity index is 1070. The number of hydrogen-bond donors (Lipinski definition) is 1. The fraction of sp³-hybridized carbons (Fsp3) is 0.300. The largest absolute Gasteiger partial charge is 0.459 e. The van der Waals surface area contributed by atoms with E-state index in [0.29, 0.717) is 0 Å². The van der Waals surface area contributed by atoms with Crippen molar-refractivity contribution in [3.8, 4) is 0 Å². The molecule has 2 aromatic rings. The Morgan fingerprint density at radius 3 is 1.90 bits per heavy atom. The van der Waals surface area contributed by atoms with Gasteiger partial charge in [0.1, 0.15) is 0 Å². The fourth-order valence-corrected chi connectivity index (χ4v) is 3.54. The van der Waals surface area contributed by atoms with Gasteiger partial charge in [-0.3, -0.25) is 14.8 Å². The lowest BCUT2D eigenvalue weighted by Crippen LogP contribution is -2.17. The average Bonchev–Trinajstić information content (AvgIpc) is 2.66. The molecule has 166 valence electrons. The van der Waals surface area contributed by atoms with E-state index in [1.807, 2.05) is 0 Å². The quantitative estimate of drug-likeness (QED) is 0.366. The molecule has 0 radical (unpaired) electrons. The number of sulfonamides is 1. The molecule has 0 heterocycles. The molecule has 0 aromatic heterocycles. The van der Waals surface area contributed by atoms with Crippen LogP contribution in [0, 0.1) is 10.1 Å². The van der Waals surface area contributed by atoms with Crippen LogP contribution in [0.5, 0.6) is 0 Å². The Morgan fingerprint density at radius 1 is 0.935 bits per heavy atom. The van der Waals surface area contributed by atoms with Crippen molar-refractivity contribution < 1.29 is 32.4 Å². The molecule has 0 saturated carbocycles. The summed E-state index contributed by atoms with van der Waals surface area (Å²) in [7, 11) is -4.26. The third-order valence-electron chi connectivity index (χ3n) is 3.68. The summed E-state index contributed by atoms with van der Waals surface area (Å²) in [6.45, 7) is 6.56. The number of non-ortho nitro benzene ring substituents is 1. The summed E-state index contributed by atoms with van der Waals surface area (Å²) in [6.07, 6.45) is -0.882. The number of ether oxygens (including phenoxy) is 2. The van der Waals surface area contributed by atoms with E-state index in [-0.39, 0.29) is 21.7 Å². The molecule has 31 heavy (non-hydrogen) atoms. The smallest absolute Gasteiger partial charge is 0.338 e. The highest BCUT2D eigenvalue weighted by molar-refractivity contribution is 7.92. The van der Waals surface area contributed by atoms with Crippen LogP contribution in [0.3, 0.4) is 0 Å². The van der Waals surface area contributed by atoms with Gasteiger partial charge in [0.05, 0.1) is 38.8 Å². The second kappa shape index (κ2) is 9.56. The van der Waals surface area contributed by atoms with E-state index in [9.17, 15) is 28.1 Å². The molecular weight excluding hydrogens is 428 g/mol. The highest BCUT2D eigenvalue weighted by Gasteiger charge is 2.21. The maximum atomic E-state index is 12.7. The topological polar surface area (TPSA) is 142 Å². The molecule has 0 atom stereocenters. The molecule has 0 spiro atoms. The minimum Gasteiger partial charge on any atom is -0.459 e. The van der Waals surface area contributed by atoms with Crippen molar-refractivity contribution in [1.29, 1.82) is 0 Å². The first-order valence-corrected chi connectivity index (χ1v) is 10.7. The molecule has 0 fully saturated rings. The third kappa shape index (κ3) is 6.51. The van der Waals surface area contributed by atoms with Gasteiger partial charge in [0.25, 0.3) is 15.7 Å². The Hall–Kier alpha value is -3.47. The van der Waals surface area contributed by atoms with Crippen LogP contribution in [-0.2, 0) is 19.5 Å². The van der Waals surface area contributed by atoms with Crippen LogP contribution in [0.1, 0.15) is 48.4 Å². The molecule has 0 aliphatic heterocycles. The number of carbonyl (C=O) groups is 2. The van der Waals surface area contributed by atoms with Crippen LogP contribution in [0.15, 0.2) is 47.4 Å². The number of esters is 2. The molecule has 2 rings (SSSR count). The number of benzene rings is 2. The van der Waals surface area contributed by atoms with Crippen molar-refractivity contribution >= 4 is 33.3 Å². The number of carbonyl (C=O) groups excluding carboxylic acids is 2. The van der Waals surface area contributed by atoms with E-state index in [1.54, 1.807) is 27.7 Å². The number of hydrogen-bond acceptors (Lipinski definition) is 8. The van der Waals surface area contributed by atoms with E-state index in [2.05, 4.69) is 4.72 Å². The van der Waals surface area contributed by atoms with Crippen LogP contribution in [0.4, 0.5) is 11.4 Å². The number of rotatable bonds is 8. The first kappa shape index (κ1) is 23.8. The molecule has 0 aliphatic carbocycles. The second-order valence-electron chi connectivity index (χ2n) is 7.07. The number of nitro benzene ring substituents is 1. The van der Waals surface area contributed by atoms with Crippen molar-refractivity contribution in [2.45, 2.75) is 44.8 Å². The van der Waals surface area contributed by atoms with E-state index >= 15 is 0 Å². The summed E-state index contributed by atoms with van der Waals surface area (Å²) in [5.74, 6) is -1.52. The van der Waals surface area contributed by atoms with Gasteiger partial charge in [0, 0.05) is 12.1 Å². The van der Waals surface area contributed by atoms with Crippen LogP contribution in [-0.4, -0.2) is 37.5 Å². The molecular formula is C20H22N2O8S. The Kier molecular flexibility index (Phi) is 7.34. The van der Waals surface area contributed by atoms with E-state index < -0.39 is 44.8 Å². The van der Waals surface area contributed by atoms with Crippen molar-refractivity contribution in [2.75, 3.05) is 4.72 Å². The highest BCUT2D eigenvalue weighted by atomic mass is 32.2.